The van der Waals surface area contributed by atoms with Crippen molar-refractivity contribution in [3.05, 3.63) is 35.6 Å². The summed E-state index contributed by atoms with van der Waals surface area (Å²) in [5.41, 5.74) is 1.32. The molecule has 0 saturated carbocycles. The van der Waals surface area contributed by atoms with Gasteiger partial charge in [0.25, 0.3) is 5.91 Å². The Balaban J connectivity index is 1.87. The smallest absolute Gasteiger partial charge is 0.373 e. The van der Waals surface area contributed by atoms with Crippen LogP contribution in [0.3, 0.4) is 0 Å². The van der Waals surface area contributed by atoms with Gasteiger partial charge in [-0.05, 0) is 23.8 Å². The number of likely N-dealkylation sites (N-methyl/N-ethyl adjacent to an activating group) is 1. The van der Waals surface area contributed by atoms with Crippen molar-refractivity contribution in [2.45, 2.75) is 6.54 Å². The minimum absolute atomic E-state index is 0.0965. The standard InChI is InChI=1S/C15H14N2O5/c1-16-8-13(18)17(15(16)20)7-9-3-4-11-10(5-9)6-12(22-11)14(19)21-2/h3-6H,7-8H2,1-2H3. The summed E-state index contributed by atoms with van der Waals surface area (Å²) in [5, 5.41) is 0.713. The van der Waals surface area contributed by atoms with E-state index in [0.717, 1.165) is 5.56 Å². The molecule has 0 bridgehead atoms. The number of fused-ring (bicyclic) bond motifs is 1. The fraction of sp³-hybridized carbons (Fsp3) is 0.267. The first-order chi connectivity index (χ1) is 10.5. The first kappa shape index (κ1) is 14.1. The molecule has 1 fully saturated rings. The van der Waals surface area contributed by atoms with Gasteiger partial charge in [-0.25, -0.2) is 9.59 Å². The van der Waals surface area contributed by atoms with Crippen molar-refractivity contribution in [2.75, 3.05) is 20.7 Å². The number of furan rings is 1. The molecule has 3 rings (SSSR count). The molecule has 0 spiro atoms. The van der Waals surface area contributed by atoms with Gasteiger partial charge in [0.2, 0.25) is 5.76 Å². The fourth-order valence-corrected chi connectivity index (χ4v) is 2.40. The van der Waals surface area contributed by atoms with Crippen LogP contribution in [0.2, 0.25) is 0 Å². The van der Waals surface area contributed by atoms with E-state index in [1.807, 2.05) is 0 Å². The summed E-state index contributed by atoms with van der Waals surface area (Å²) in [6.45, 7) is 0.288. The molecule has 7 heteroatoms. The Kier molecular flexibility index (Phi) is 3.32. The van der Waals surface area contributed by atoms with E-state index in [-0.39, 0.29) is 30.8 Å². The number of hydrogen-bond acceptors (Lipinski definition) is 5. The maximum absolute atomic E-state index is 11.9. The highest BCUT2D eigenvalue weighted by Gasteiger charge is 2.33. The molecule has 1 aromatic heterocycles. The van der Waals surface area contributed by atoms with Crippen molar-refractivity contribution < 1.29 is 23.5 Å². The number of rotatable bonds is 3. The second-order valence-corrected chi connectivity index (χ2v) is 5.09. The zero-order chi connectivity index (χ0) is 15.9. The maximum atomic E-state index is 11.9. The molecular formula is C15H14N2O5. The van der Waals surface area contributed by atoms with E-state index in [4.69, 9.17) is 4.42 Å². The topological polar surface area (TPSA) is 80.1 Å². The number of carbonyl (C=O) groups is 3. The van der Waals surface area contributed by atoms with Crippen molar-refractivity contribution in [3.8, 4) is 0 Å². The average molecular weight is 302 g/mol. The quantitative estimate of drug-likeness (QED) is 0.635. The highest BCUT2D eigenvalue weighted by atomic mass is 16.5. The predicted octanol–water partition coefficient (Wildman–Crippen LogP) is 1.61. The number of ether oxygens (including phenoxy) is 1. The van der Waals surface area contributed by atoms with Crippen LogP contribution in [-0.4, -0.2) is 48.4 Å². The van der Waals surface area contributed by atoms with Gasteiger partial charge in [0.15, 0.2) is 0 Å². The summed E-state index contributed by atoms with van der Waals surface area (Å²) in [6, 6.07) is 6.50. The van der Waals surface area contributed by atoms with Crippen LogP contribution in [0, 0.1) is 0 Å². The van der Waals surface area contributed by atoms with E-state index in [9.17, 15) is 14.4 Å². The summed E-state index contributed by atoms with van der Waals surface area (Å²) in [4.78, 5) is 37.7. The third-order valence-electron chi connectivity index (χ3n) is 3.54. The number of nitrogens with zero attached hydrogens (tertiary/aromatic N) is 2. The van der Waals surface area contributed by atoms with Crippen molar-refractivity contribution in [2.24, 2.45) is 0 Å². The molecular weight excluding hydrogens is 288 g/mol. The normalized spacial score (nSPS) is 15.0. The maximum Gasteiger partial charge on any atom is 0.373 e. The Hall–Kier alpha value is -2.83. The molecule has 3 amide bonds. The molecule has 2 aromatic rings. The zero-order valence-corrected chi connectivity index (χ0v) is 12.2. The van der Waals surface area contributed by atoms with Gasteiger partial charge < -0.3 is 14.1 Å². The number of carbonyl (C=O) groups excluding carboxylic acids is 3. The lowest BCUT2D eigenvalue weighted by molar-refractivity contribution is -0.125. The molecule has 1 saturated heterocycles. The van der Waals surface area contributed by atoms with E-state index in [1.54, 1.807) is 31.3 Å². The van der Waals surface area contributed by atoms with Crippen molar-refractivity contribution in [1.29, 1.82) is 0 Å². The number of benzene rings is 1. The summed E-state index contributed by atoms with van der Waals surface area (Å²) in [6.07, 6.45) is 0. The molecule has 0 unspecified atom stereocenters. The van der Waals surface area contributed by atoms with Crippen LogP contribution in [0.5, 0.6) is 0 Å². The molecule has 22 heavy (non-hydrogen) atoms. The number of amides is 3. The largest absolute Gasteiger partial charge is 0.463 e. The average Bonchev–Trinajstić information content (AvgIpc) is 3.02. The Morgan fingerprint density at radius 2 is 2.09 bits per heavy atom. The Morgan fingerprint density at radius 1 is 1.32 bits per heavy atom. The van der Waals surface area contributed by atoms with Crippen LogP contribution >= 0.6 is 0 Å². The van der Waals surface area contributed by atoms with Gasteiger partial charge in [-0.1, -0.05) is 6.07 Å². The molecule has 1 aromatic carbocycles. The monoisotopic (exact) mass is 302 g/mol. The number of imide groups is 1. The van der Waals surface area contributed by atoms with E-state index in [0.29, 0.717) is 11.0 Å². The third-order valence-corrected chi connectivity index (χ3v) is 3.54. The van der Waals surface area contributed by atoms with Crippen molar-refractivity contribution in [1.82, 2.24) is 9.80 Å². The van der Waals surface area contributed by atoms with Gasteiger partial charge in [-0.15, -0.1) is 0 Å². The second-order valence-electron chi connectivity index (χ2n) is 5.09. The van der Waals surface area contributed by atoms with Crippen molar-refractivity contribution >= 4 is 28.9 Å². The molecule has 0 aliphatic carbocycles. The van der Waals surface area contributed by atoms with E-state index in [2.05, 4.69) is 4.74 Å². The highest BCUT2D eigenvalue weighted by Crippen LogP contribution is 2.23. The lowest BCUT2D eigenvalue weighted by Gasteiger charge is -2.13. The third kappa shape index (κ3) is 2.30. The van der Waals surface area contributed by atoms with Crippen LogP contribution in [-0.2, 0) is 16.1 Å². The lowest BCUT2D eigenvalue weighted by Crippen LogP contribution is -2.30. The summed E-state index contributed by atoms with van der Waals surface area (Å²) in [5.74, 6) is -0.665. The van der Waals surface area contributed by atoms with Crippen LogP contribution < -0.4 is 0 Å². The van der Waals surface area contributed by atoms with Gasteiger partial charge in [-0.3, -0.25) is 9.69 Å². The van der Waals surface area contributed by atoms with Gasteiger partial charge in [0, 0.05) is 12.4 Å². The van der Waals surface area contributed by atoms with Gasteiger partial charge in [0.05, 0.1) is 13.7 Å². The predicted molar refractivity (Wildman–Crippen MR) is 76.1 cm³/mol. The van der Waals surface area contributed by atoms with Gasteiger partial charge in [0.1, 0.15) is 12.1 Å². The Morgan fingerprint density at radius 3 is 2.73 bits per heavy atom. The van der Waals surface area contributed by atoms with E-state index in [1.165, 1.54) is 16.9 Å². The SMILES string of the molecule is COC(=O)c1cc2cc(CN3C(=O)CN(C)C3=O)ccc2o1. The highest BCUT2D eigenvalue weighted by molar-refractivity contribution is 6.01. The number of methoxy groups -OCH3 is 1. The first-order valence-electron chi connectivity index (χ1n) is 6.66. The van der Waals surface area contributed by atoms with E-state index < -0.39 is 5.97 Å². The molecule has 0 atom stereocenters. The molecule has 0 radical (unpaired) electrons. The molecule has 0 N–H and O–H groups in total. The second kappa shape index (κ2) is 5.18. The Labute approximate surface area is 126 Å². The van der Waals surface area contributed by atoms with Crippen molar-refractivity contribution in [3.63, 3.8) is 0 Å². The van der Waals surface area contributed by atoms with Crippen LogP contribution in [0.15, 0.2) is 28.7 Å². The Bertz CT molecular complexity index is 779. The molecule has 7 nitrogen and oxygen atoms in total. The molecule has 1 aliphatic heterocycles. The summed E-state index contributed by atoms with van der Waals surface area (Å²) in [7, 11) is 2.87. The number of urea groups is 1. The van der Waals surface area contributed by atoms with E-state index >= 15 is 0 Å². The van der Waals surface area contributed by atoms with Crippen LogP contribution in [0.1, 0.15) is 16.1 Å². The van der Waals surface area contributed by atoms with Crippen LogP contribution in [0.4, 0.5) is 4.79 Å². The molecule has 1 aliphatic rings. The summed E-state index contributed by atoms with van der Waals surface area (Å²) < 4.78 is 9.98. The first-order valence-corrected chi connectivity index (χ1v) is 6.66. The molecule has 114 valence electrons. The minimum Gasteiger partial charge on any atom is -0.463 e. The minimum atomic E-state index is -0.552. The lowest BCUT2D eigenvalue weighted by atomic mass is 10.1. The number of esters is 1. The van der Waals surface area contributed by atoms with Gasteiger partial charge >= 0.3 is 12.0 Å². The van der Waals surface area contributed by atoms with Gasteiger partial charge in [-0.2, -0.15) is 0 Å². The zero-order valence-electron chi connectivity index (χ0n) is 12.2. The fourth-order valence-electron chi connectivity index (χ4n) is 2.40. The summed E-state index contributed by atoms with van der Waals surface area (Å²) >= 11 is 0. The number of hydrogen-bond donors (Lipinski definition) is 0. The van der Waals surface area contributed by atoms with Crippen LogP contribution in [0.25, 0.3) is 11.0 Å². The molecule has 2 heterocycles.